The van der Waals surface area contributed by atoms with Gasteiger partial charge in [-0.3, -0.25) is 0 Å². The Balaban J connectivity index is 3.35. The van der Waals surface area contributed by atoms with Crippen molar-refractivity contribution >= 4 is 6.03 Å². The van der Waals surface area contributed by atoms with E-state index in [-0.39, 0.29) is 17.7 Å². The molecule has 0 aliphatic heterocycles. The highest BCUT2D eigenvalue weighted by molar-refractivity contribution is 5.74. The number of carbonyl (C=O) groups excluding carboxylic acids is 1. The number of ether oxygens (including phenoxy) is 1. The Morgan fingerprint density at radius 2 is 1.88 bits per heavy atom. The number of nitrogens with one attached hydrogen (secondary N) is 2. The van der Waals surface area contributed by atoms with Crippen molar-refractivity contribution in [2.24, 2.45) is 0 Å². The minimum atomic E-state index is -0.176. The predicted molar refractivity (Wildman–Crippen MR) is 66.6 cm³/mol. The highest BCUT2D eigenvalue weighted by atomic mass is 16.5. The van der Waals surface area contributed by atoms with E-state index < -0.39 is 0 Å². The van der Waals surface area contributed by atoms with E-state index in [2.05, 4.69) is 10.6 Å². The lowest BCUT2D eigenvalue weighted by atomic mass is 10.1. The summed E-state index contributed by atoms with van der Waals surface area (Å²) in [5, 5.41) is 5.67. The fraction of sp³-hybridized carbons (Fsp3) is 0.917. The largest absolute Gasteiger partial charge is 0.379 e. The first-order valence-corrected chi connectivity index (χ1v) is 5.99. The minimum absolute atomic E-state index is 0.0997. The number of rotatable bonds is 6. The van der Waals surface area contributed by atoms with Crippen LogP contribution in [0.2, 0.25) is 0 Å². The first kappa shape index (κ1) is 15.2. The number of amides is 2. The lowest BCUT2D eigenvalue weighted by molar-refractivity contribution is 0.0761. The molecule has 0 fully saturated rings. The van der Waals surface area contributed by atoms with Crippen molar-refractivity contribution in [2.75, 3.05) is 13.2 Å². The van der Waals surface area contributed by atoms with Gasteiger partial charge in [-0.25, -0.2) is 4.79 Å². The highest BCUT2D eigenvalue weighted by Gasteiger charge is 2.12. The van der Waals surface area contributed by atoms with E-state index in [4.69, 9.17) is 4.74 Å². The summed E-state index contributed by atoms with van der Waals surface area (Å²) in [7, 11) is 0. The van der Waals surface area contributed by atoms with Gasteiger partial charge >= 0.3 is 6.03 Å². The van der Waals surface area contributed by atoms with Crippen LogP contribution in [-0.4, -0.2) is 30.8 Å². The van der Waals surface area contributed by atoms with Crippen molar-refractivity contribution in [3.63, 3.8) is 0 Å². The lowest BCUT2D eigenvalue weighted by Crippen LogP contribution is -2.46. The van der Waals surface area contributed by atoms with Gasteiger partial charge in [0.05, 0.1) is 6.10 Å². The molecule has 0 aromatic carbocycles. The highest BCUT2D eigenvalue weighted by Crippen LogP contribution is 1.97. The van der Waals surface area contributed by atoms with Crippen LogP contribution in [-0.2, 0) is 4.74 Å². The second kappa shape index (κ2) is 7.49. The summed E-state index contributed by atoms with van der Waals surface area (Å²) in [6.07, 6.45) is 2.22. The third-order valence-corrected chi connectivity index (χ3v) is 1.80. The van der Waals surface area contributed by atoms with Gasteiger partial charge in [-0.2, -0.15) is 0 Å². The van der Waals surface area contributed by atoms with Gasteiger partial charge < -0.3 is 15.4 Å². The van der Waals surface area contributed by atoms with E-state index in [1.54, 1.807) is 0 Å². The monoisotopic (exact) mass is 230 g/mol. The minimum Gasteiger partial charge on any atom is -0.379 e. The maximum Gasteiger partial charge on any atom is 0.315 e. The number of hydrogen-bond acceptors (Lipinski definition) is 2. The average Bonchev–Trinajstić information content (AvgIpc) is 2.07. The Kier molecular flexibility index (Phi) is 7.13. The summed E-state index contributed by atoms with van der Waals surface area (Å²) in [6.45, 7) is 11.4. The zero-order chi connectivity index (χ0) is 12.6. The molecule has 96 valence electrons. The van der Waals surface area contributed by atoms with Crippen molar-refractivity contribution in [3.05, 3.63) is 0 Å². The van der Waals surface area contributed by atoms with E-state index in [0.29, 0.717) is 6.54 Å². The van der Waals surface area contributed by atoms with E-state index in [1.807, 2.05) is 34.6 Å². The summed E-state index contributed by atoms with van der Waals surface area (Å²) in [5.41, 5.74) is -0.176. The van der Waals surface area contributed by atoms with Crippen LogP contribution in [0.25, 0.3) is 0 Å². The number of urea groups is 1. The van der Waals surface area contributed by atoms with Crippen molar-refractivity contribution in [2.45, 2.75) is 59.1 Å². The fourth-order valence-corrected chi connectivity index (χ4v) is 1.13. The maximum atomic E-state index is 11.3. The van der Waals surface area contributed by atoms with Crippen LogP contribution in [0.1, 0.15) is 47.5 Å². The third kappa shape index (κ3) is 11.3. The van der Waals surface area contributed by atoms with Crippen molar-refractivity contribution in [3.8, 4) is 0 Å². The number of carbonyl (C=O) groups is 1. The van der Waals surface area contributed by atoms with Crippen molar-refractivity contribution in [1.82, 2.24) is 10.6 Å². The van der Waals surface area contributed by atoms with Crippen molar-refractivity contribution in [1.29, 1.82) is 0 Å². The van der Waals surface area contributed by atoms with E-state index in [0.717, 1.165) is 19.4 Å². The molecule has 2 amide bonds. The van der Waals surface area contributed by atoms with Gasteiger partial charge in [0.2, 0.25) is 0 Å². The number of unbranched alkanes of at least 4 members (excludes halogenated alkanes) is 1. The Bertz CT molecular complexity index is 198. The second-order valence-corrected chi connectivity index (χ2v) is 5.26. The Hall–Kier alpha value is -0.770. The average molecular weight is 230 g/mol. The summed E-state index contributed by atoms with van der Waals surface area (Å²) in [4.78, 5) is 11.3. The van der Waals surface area contributed by atoms with Crippen LogP contribution >= 0.6 is 0 Å². The second-order valence-electron chi connectivity index (χ2n) is 5.26. The Morgan fingerprint density at radius 1 is 1.25 bits per heavy atom. The van der Waals surface area contributed by atoms with Gasteiger partial charge in [0, 0.05) is 18.7 Å². The topological polar surface area (TPSA) is 50.4 Å². The molecular formula is C12H26N2O2. The molecule has 0 aromatic heterocycles. The first-order valence-electron chi connectivity index (χ1n) is 5.99. The van der Waals surface area contributed by atoms with Crippen LogP contribution in [0.5, 0.6) is 0 Å². The van der Waals surface area contributed by atoms with Crippen LogP contribution < -0.4 is 10.6 Å². The summed E-state index contributed by atoms with van der Waals surface area (Å²) in [5.74, 6) is 0. The van der Waals surface area contributed by atoms with Crippen LogP contribution in [0.15, 0.2) is 0 Å². The van der Waals surface area contributed by atoms with Gasteiger partial charge in [0.15, 0.2) is 0 Å². The van der Waals surface area contributed by atoms with Gasteiger partial charge in [0.25, 0.3) is 0 Å². The van der Waals surface area contributed by atoms with Crippen molar-refractivity contribution < 1.29 is 9.53 Å². The number of hydrogen-bond donors (Lipinski definition) is 2. The molecule has 0 bridgehead atoms. The molecule has 0 radical (unpaired) electrons. The molecule has 0 aromatic rings. The molecule has 0 spiro atoms. The Morgan fingerprint density at radius 3 is 2.38 bits per heavy atom. The normalized spacial score (nSPS) is 11.6. The molecule has 4 nitrogen and oxygen atoms in total. The fourth-order valence-electron chi connectivity index (χ4n) is 1.13. The molecule has 0 aliphatic rings. The first-order chi connectivity index (χ1) is 7.31. The molecular weight excluding hydrogens is 204 g/mol. The Labute approximate surface area is 99.1 Å². The van der Waals surface area contributed by atoms with Gasteiger partial charge in [-0.05, 0) is 47.5 Å². The lowest BCUT2D eigenvalue weighted by Gasteiger charge is -2.20. The molecule has 4 heteroatoms. The molecule has 2 N–H and O–H groups in total. The van der Waals surface area contributed by atoms with Gasteiger partial charge in [0.1, 0.15) is 0 Å². The van der Waals surface area contributed by atoms with E-state index in [1.165, 1.54) is 0 Å². The molecule has 0 heterocycles. The quantitative estimate of drug-likeness (QED) is 0.688. The molecule has 0 unspecified atom stereocenters. The zero-order valence-corrected chi connectivity index (χ0v) is 11.2. The predicted octanol–water partition coefficient (Wildman–Crippen LogP) is 2.29. The SMILES string of the molecule is CC(C)OCCCCNC(=O)NC(C)(C)C. The molecule has 0 atom stereocenters. The summed E-state index contributed by atoms with van der Waals surface area (Å²) >= 11 is 0. The molecule has 0 rings (SSSR count). The molecule has 0 aliphatic carbocycles. The third-order valence-electron chi connectivity index (χ3n) is 1.80. The standard InChI is InChI=1S/C12H26N2O2/c1-10(2)16-9-7-6-8-13-11(15)14-12(3,4)5/h10H,6-9H2,1-5H3,(H2,13,14,15). The molecule has 16 heavy (non-hydrogen) atoms. The van der Waals surface area contributed by atoms with E-state index in [9.17, 15) is 4.79 Å². The smallest absolute Gasteiger partial charge is 0.315 e. The van der Waals surface area contributed by atoms with Crippen LogP contribution in [0.4, 0.5) is 4.79 Å². The van der Waals surface area contributed by atoms with E-state index >= 15 is 0 Å². The zero-order valence-electron chi connectivity index (χ0n) is 11.2. The van der Waals surface area contributed by atoms with Crippen LogP contribution in [0.3, 0.4) is 0 Å². The van der Waals surface area contributed by atoms with Gasteiger partial charge in [-0.1, -0.05) is 0 Å². The summed E-state index contributed by atoms with van der Waals surface area (Å²) < 4.78 is 5.40. The van der Waals surface area contributed by atoms with Gasteiger partial charge in [-0.15, -0.1) is 0 Å². The molecule has 0 saturated heterocycles. The maximum absolute atomic E-state index is 11.3. The van der Waals surface area contributed by atoms with Crippen LogP contribution in [0, 0.1) is 0 Å². The summed E-state index contributed by atoms with van der Waals surface area (Å²) in [6, 6.07) is -0.0997. The molecule has 0 saturated carbocycles.